The van der Waals surface area contributed by atoms with E-state index in [-0.39, 0.29) is 5.92 Å². The van der Waals surface area contributed by atoms with Crippen molar-refractivity contribution in [1.82, 2.24) is 9.78 Å². The molecule has 0 aliphatic carbocycles. The second-order valence-corrected chi connectivity index (χ2v) is 6.37. The molecule has 0 saturated carbocycles. The van der Waals surface area contributed by atoms with E-state index in [0.717, 1.165) is 17.9 Å². The molecule has 0 aliphatic heterocycles. The highest BCUT2D eigenvalue weighted by Crippen LogP contribution is 2.28. The molecule has 0 radical (unpaired) electrons. The Labute approximate surface area is 116 Å². The van der Waals surface area contributed by atoms with Gasteiger partial charge in [-0.15, -0.1) is 0 Å². The molecule has 1 heterocycles. The molecule has 0 bridgehead atoms. The predicted molar refractivity (Wildman–Crippen MR) is 80.3 cm³/mol. The Morgan fingerprint density at radius 3 is 2.37 bits per heavy atom. The molecule has 1 aromatic heterocycles. The summed E-state index contributed by atoms with van der Waals surface area (Å²) in [5, 5.41) is 18.0. The minimum atomic E-state index is -0.747. The van der Waals surface area contributed by atoms with Crippen LogP contribution in [-0.2, 0) is 7.05 Å². The summed E-state index contributed by atoms with van der Waals surface area (Å²) in [6.07, 6.45) is 0.745. The van der Waals surface area contributed by atoms with Crippen molar-refractivity contribution in [3.63, 3.8) is 0 Å². The van der Waals surface area contributed by atoms with Crippen LogP contribution in [-0.4, -0.2) is 27.0 Å². The zero-order valence-corrected chi connectivity index (χ0v) is 13.0. The van der Waals surface area contributed by atoms with Crippen molar-refractivity contribution in [2.45, 2.75) is 52.6 Å². The average molecular weight is 268 g/mol. The highest BCUT2D eigenvalue weighted by atomic mass is 16.3. The maximum atomic E-state index is 10.3. The molecule has 5 heteroatoms. The summed E-state index contributed by atoms with van der Waals surface area (Å²) in [7, 11) is 1.86. The number of hydrogen-bond acceptors (Lipinski definition) is 4. The average Bonchev–Trinajstić information content (AvgIpc) is 2.50. The van der Waals surface area contributed by atoms with Crippen molar-refractivity contribution in [2.75, 3.05) is 17.6 Å². The third-order valence-corrected chi connectivity index (χ3v) is 3.14. The second-order valence-electron chi connectivity index (χ2n) is 6.37. The van der Waals surface area contributed by atoms with Gasteiger partial charge in [0.15, 0.2) is 0 Å². The summed E-state index contributed by atoms with van der Waals surface area (Å²) >= 11 is 0. The summed E-state index contributed by atoms with van der Waals surface area (Å²) in [6, 6.07) is 0. The van der Waals surface area contributed by atoms with E-state index in [1.807, 2.05) is 14.0 Å². The molecular weight excluding hydrogens is 240 g/mol. The fourth-order valence-electron chi connectivity index (χ4n) is 2.42. The zero-order chi connectivity index (χ0) is 14.8. The van der Waals surface area contributed by atoms with Crippen molar-refractivity contribution >= 4 is 11.5 Å². The molecule has 0 aromatic carbocycles. The summed E-state index contributed by atoms with van der Waals surface area (Å²) < 4.78 is 1.75. The molecule has 110 valence electrons. The minimum Gasteiger partial charge on any atom is -0.394 e. The number of nitrogens with one attached hydrogen (secondary N) is 1. The van der Waals surface area contributed by atoms with Crippen LogP contribution in [0.2, 0.25) is 0 Å². The van der Waals surface area contributed by atoms with E-state index in [4.69, 9.17) is 5.73 Å². The standard InChI is InChI=1S/C14H28N4O/c1-9(2)7-14(5,19)8-16-13-11(15)12(10(3)4)17-18(13)6/h9-10,16,19H,7-8,15H2,1-6H3. The van der Waals surface area contributed by atoms with Gasteiger partial charge >= 0.3 is 0 Å². The monoisotopic (exact) mass is 268 g/mol. The number of aryl methyl sites for hydroxylation is 1. The SMILES string of the molecule is CC(C)CC(C)(O)CNc1c(N)c(C(C)C)nn1C. The number of aliphatic hydroxyl groups is 1. The largest absolute Gasteiger partial charge is 0.394 e. The van der Waals surface area contributed by atoms with E-state index in [1.165, 1.54) is 0 Å². The van der Waals surface area contributed by atoms with Crippen molar-refractivity contribution in [1.29, 1.82) is 0 Å². The topological polar surface area (TPSA) is 76.1 Å². The van der Waals surface area contributed by atoms with Gasteiger partial charge in [-0.25, -0.2) is 0 Å². The highest BCUT2D eigenvalue weighted by molar-refractivity contribution is 5.65. The number of nitrogens with two attached hydrogens (primary N) is 1. The van der Waals surface area contributed by atoms with Gasteiger partial charge in [-0.1, -0.05) is 27.7 Å². The molecule has 19 heavy (non-hydrogen) atoms. The first kappa shape index (κ1) is 15.8. The zero-order valence-electron chi connectivity index (χ0n) is 13.0. The number of nitrogen functional groups attached to an aromatic ring is 1. The van der Waals surface area contributed by atoms with Crippen LogP contribution in [0.4, 0.5) is 11.5 Å². The summed E-state index contributed by atoms with van der Waals surface area (Å²) in [5.74, 6) is 1.53. The van der Waals surface area contributed by atoms with Gasteiger partial charge in [0.2, 0.25) is 0 Å². The molecule has 1 atom stereocenters. The Balaban J connectivity index is 2.78. The summed E-state index contributed by atoms with van der Waals surface area (Å²) in [4.78, 5) is 0. The van der Waals surface area contributed by atoms with Gasteiger partial charge in [0.05, 0.1) is 17.0 Å². The lowest BCUT2D eigenvalue weighted by atomic mass is 9.94. The Kier molecular flexibility index (Phi) is 4.85. The Morgan fingerprint density at radius 2 is 1.95 bits per heavy atom. The maximum absolute atomic E-state index is 10.3. The molecule has 0 spiro atoms. The predicted octanol–water partition coefficient (Wildman–Crippen LogP) is 2.33. The van der Waals surface area contributed by atoms with Crippen molar-refractivity contribution in [2.24, 2.45) is 13.0 Å². The number of rotatable bonds is 6. The fraction of sp³-hybridized carbons (Fsp3) is 0.786. The minimum absolute atomic E-state index is 0.290. The van der Waals surface area contributed by atoms with E-state index in [0.29, 0.717) is 18.2 Å². The summed E-state index contributed by atoms with van der Waals surface area (Å²) in [6.45, 7) is 10.6. The lowest BCUT2D eigenvalue weighted by molar-refractivity contribution is 0.0514. The lowest BCUT2D eigenvalue weighted by Gasteiger charge is -2.26. The fourth-order valence-corrected chi connectivity index (χ4v) is 2.42. The normalized spacial score (nSPS) is 15.0. The third-order valence-electron chi connectivity index (χ3n) is 3.14. The smallest absolute Gasteiger partial charge is 0.147 e. The molecule has 0 amide bonds. The molecule has 4 N–H and O–H groups in total. The Morgan fingerprint density at radius 1 is 1.37 bits per heavy atom. The molecule has 1 unspecified atom stereocenters. The highest BCUT2D eigenvalue weighted by Gasteiger charge is 2.23. The van der Waals surface area contributed by atoms with Crippen molar-refractivity contribution in [3.8, 4) is 0 Å². The van der Waals surface area contributed by atoms with E-state index in [2.05, 4.69) is 38.1 Å². The van der Waals surface area contributed by atoms with Crippen LogP contribution in [0.25, 0.3) is 0 Å². The first-order chi connectivity index (χ1) is 8.64. The van der Waals surface area contributed by atoms with E-state index in [1.54, 1.807) is 4.68 Å². The van der Waals surface area contributed by atoms with Crippen molar-refractivity contribution in [3.05, 3.63) is 5.69 Å². The van der Waals surface area contributed by atoms with Gasteiger partial charge in [-0.3, -0.25) is 4.68 Å². The van der Waals surface area contributed by atoms with Gasteiger partial charge < -0.3 is 16.2 Å². The molecule has 0 aliphatic rings. The van der Waals surface area contributed by atoms with E-state index < -0.39 is 5.60 Å². The van der Waals surface area contributed by atoms with Crippen LogP contribution in [0, 0.1) is 5.92 Å². The van der Waals surface area contributed by atoms with E-state index in [9.17, 15) is 5.11 Å². The number of aromatic nitrogens is 2. The van der Waals surface area contributed by atoms with E-state index >= 15 is 0 Å². The quantitative estimate of drug-likeness (QED) is 0.740. The van der Waals surface area contributed by atoms with Crippen LogP contribution in [0.3, 0.4) is 0 Å². The van der Waals surface area contributed by atoms with Gasteiger partial charge in [-0.05, 0) is 25.2 Å². The Hall–Kier alpha value is -1.23. The van der Waals surface area contributed by atoms with Gasteiger partial charge in [0.1, 0.15) is 5.82 Å². The molecule has 1 aromatic rings. The van der Waals surface area contributed by atoms with Crippen molar-refractivity contribution < 1.29 is 5.11 Å². The molecule has 1 rings (SSSR count). The molecule has 0 fully saturated rings. The van der Waals surface area contributed by atoms with Gasteiger partial charge in [0.25, 0.3) is 0 Å². The molecular formula is C14H28N4O. The van der Waals surface area contributed by atoms with Crippen LogP contribution >= 0.6 is 0 Å². The van der Waals surface area contributed by atoms with Crippen LogP contribution in [0.5, 0.6) is 0 Å². The second kappa shape index (κ2) is 5.82. The maximum Gasteiger partial charge on any atom is 0.147 e. The number of hydrogen-bond donors (Lipinski definition) is 3. The third kappa shape index (κ3) is 4.13. The van der Waals surface area contributed by atoms with Crippen LogP contribution in [0.1, 0.15) is 52.7 Å². The Bertz CT molecular complexity index is 421. The number of nitrogens with zero attached hydrogens (tertiary/aromatic N) is 2. The van der Waals surface area contributed by atoms with Gasteiger partial charge in [0, 0.05) is 13.6 Å². The first-order valence-electron chi connectivity index (χ1n) is 6.92. The van der Waals surface area contributed by atoms with Crippen LogP contribution < -0.4 is 11.1 Å². The number of anilines is 2. The molecule has 0 saturated heterocycles. The van der Waals surface area contributed by atoms with Gasteiger partial charge in [-0.2, -0.15) is 5.10 Å². The first-order valence-corrected chi connectivity index (χ1v) is 6.92. The lowest BCUT2D eigenvalue weighted by Crippen LogP contribution is -2.35. The summed E-state index contributed by atoms with van der Waals surface area (Å²) in [5.41, 5.74) is 6.94. The molecule has 5 nitrogen and oxygen atoms in total. The van der Waals surface area contributed by atoms with Crippen LogP contribution in [0.15, 0.2) is 0 Å².